The van der Waals surface area contributed by atoms with Gasteiger partial charge in [-0.1, -0.05) is 23.2 Å². The molecule has 1 aromatic rings. The normalized spacial score (nSPS) is 20.2. The first-order valence-electron chi connectivity index (χ1n) is 5.00. The van der Waals surface area contributed by atoms with Crippen molar-refractivity contribution in [1.29, 1.82) is 0 Å². The molecule has 1 aliphatic heterocycles. The zero-order valence-electron chi connectivity index (χ0n) is 8.49. The molecule has 86 valence electrons. The standard InChI is InChI=1S/C11H11Cl2NO2/c12-7-1-2-9(10(13)5-7)11(16)14-4-3-8(15)6-14/h1-2,5,8,15H,3-4,6H2/t8-/m0/s1. The Balaban J connectivity index is 2.21. The van der Waals surface area contributed by atoms with Crippen LogP contribution in [0.5, 0.6) is 0 Å². The van der Waals surface area contributed by atoms with Crippen LogP contribution in [-0.4, -0.2) is 35.1 Å². The Bertz CT molecular complexity index is 422. The first kappa shape index (κ1) is 11.7. The fourth-order valence-corrected chi connectivity index (χ4v) is 2.25. The van der Waals surface area contributed by atoms with Gasteiger partial charge in [0.25, 0.3) is 5.91 Å². The van der Waals surface area contributed by atoms with Crippen molar-refractivity contribution in [2.24, 2.45) is 0 Å². The molecule has 1 amide bonds. The lowest BCUT2D eigenvalue weighted by Crippen LogP contribution is -2.29. The van der Waals surface area contributed by atoms with E-state index in [-0.39, 0.29) is 5.91 Å². The molecule has 1 saturated heterocycles. The van der Waals surface area contributed by atoms with Crippen LogP contribution in [0, 0.1) is 0 Å². The van der Waals surface area contributed by atoms with Crippen molar-refractivity contribution in [3.05, 3.63) is 33.8 Å². The summed E-state index contributed by atoms with van der Waals surface area (Å²) in [5, 5.41) is 10.2. The first-order valence-corrected chi connectivity index (χ1v) is 5.76. The Morgan fingerprint density at radius 1 is 1.44 bits per heavy atom. The topological polar surface area (TPSA) is 40.5 Å². The minimum absolute atomic E-state index is 0.154. The van der Waals surface area contributed by atoms with Crippen LogP contribution < -0.4 is 0 Å². The number of halogens is 2. The van der Waals surface area contributed by atoms with Gasteiger partial charge in [-0.3, -0.25) is 4.79 Å². The Hall–Kier alpha value is -0.770. The number of hydrogen-bond donors (Lipinski definition) is 1. The fourth-order valence-electron chi connectivity index (χ4n) is 1.76. The van der Waals surface area contributed by atoms with Gasteiger partial charge in [-0.15, -0.1) is 0 Å². The molecule has 0 radical (unpaired) electrons. The highest BCUT2D eigenvalue weighted by Crippen LogP contribution is 2.23. The molecule has 3 nitrogen and oxygen atoms in total. The van der Waals surface area contributed by atoms with E-state index < -0.39 is 6.10 Å². The minimum Gasteiger partial charge on any atom is -0.391 e. The summed E-state index contributed by atoms with van der Waals surface area (Å²) >= 11 is 11.7. The number of β-amino-alcohol motifs (C(OH)–C–C–N with tert-alkyl or cyclic N) is 1. The van der Waals surface area contributed by atoms with Crippen LogP contribution in [0.15, 0.2) is 18.2 Å². The summed E-state index contributed by atoms with van der Waals surface area (Å²) in [4.78, 5) is 13.6. The molecule has 1 N–H and O–H groups in total. The van der Waals surface area contributed by atoms with Gasteiger partial charge < -0.3 is 10.0 Å². The maximum absolute atomic E-state index is 12.0. The van der Waals surface area contributed by atoms with E-state index in [9.17, 15) is 9.90 Å². The van der Waals surface area contributed by atoms with Crippen LogP contribution in [0.4, 0.5) is 0 Å². The molecule has 0 saturated carbocycles. The molecule has 1 fully saturated rings. The number of aliphatic hydroxyl groups excluding tert-OH is 1. The highest BCUT2D eigenvalue weighted by Gasteiger charge is 2.26. The second-order valence-electron chi connectivity index (χ2n) is 3.82. The molecule has 1 heterocycles. The second kappa shape index (κ2) is 4.62. The number of carbonyl (C=O) groups excluding carboxylic acids is 1. The predicted octanol–water partition coefficient (Wildman–Crippen LogP) is 2.20. The first-order chi connectivity index (χ1) is 7.58. The van der Waals surface area contributed by atoms with Gasteiger partial charge in [-0.05, 0) is 24.6 Å². The van der Waals surface area contributed by atoms with Crippen LogP contribution in [0.2, 0.25) is 10.0 Å². The van der Waals surface area contributed by atoms with Gasteiger partial charge in [0.15, 0.2) is 0 Å². The van der Waals surface area contributed by atoms with E-state index in [1.54, 1.807) is 23.1 Å². The SMILES string of the molecule is O=C(c1ccc(Cl)cc1Cl)N1CC[C@H](O)C1. The molecule has 1 atom stereocenters. The van der Waals surface area contributed by atoms with Gasteiger partial charge in [0, 0.05) is 18.1 Å². The monoisotopic (exact) mass is 259 g/mol. The molecule has 0 unspecified atom stereocenters. The van der Waals surface area contributed by atoms with E-state index in [4.69, 9.17) is 23.2 Å². The summed E-state index contributed by atoms with van der Waals surface area (Å²) in [5.74, 6) is -0.154. The van der Waals surface area contributed by atoms with Crippen LogP contribution in [-0.2, 0) is 0 Å². The van der Waals surface area contributed by atoms with Crippen LogP contribution in [0.3, 0.4) is 0 Å². The third-order valence-corrected chi connectivity index (χ3v) is 3.16. The summed E-state index contributed by atoms with van der Waals surface area (Å²) < 4.78 is 0. The molecule has 16 heavy (non-hydrogen) atoms. The van der Waals surface area contributed by atoms with Crippen LogP contribution >= 0.6 is 23.2 Å². The minimum atomic E-state index is -0.421. The van der Waals surface area contributed by atoms with Crippen molar-refractivity contribution in [2.45, 2.75) is 12.5 Å². The Morgan fingerprint density at radius 2 is 2.19 bits per heavy atom. The molecule has 0 spiro atoms. The van der Waals surface area contributed by atoms with Crippen molar-refractivity contribution in [1.82, 2.24) is 4.90 Å². The molecular formula is C11H11Cl2NO2. The Kier molecular flexibility index (Phi) is 3.38. The number of benzene rings is 1. The van der Waals surface area contributed by atoms with E-state index >= 15 is 0 Å². The number of nitrogens with zero attached hydrogens (tertiary/aromatic N) is 1. The molecule has 0 aromatic heterocycles. The predicted molar refractivity (Wildman–Crippen MR) is 63.0 cm³/mol. The largest absolute Gasteiger partial charge is 0.391 e. The highest BCUT2D eigenvalue weighted by atomic mass is 35.5. The van der Waals surface area contributed by atoms with Gasteiger partial charge in [0.1, 0.15) is 0 Å². The number of aliphatic hydroxyl groups is 1. The van der Waals surface area contributed by atoms with Crippen molar-refractivity contribution >= 4 is 29.1 Å². The summed E-state index contributed by atoms with van der Waals surface area (Å²) in [5.41, 5.74) is 0.431. The van der Waals surface area contributed by atoms with Crippen molar-refractivity contribution in [3.8, 4) is 0 Å². The molecule has 1 aliphatic rings. The highest BCUT2D eigenvalue weighted by molar-refractivity contribution is 6.36. The molecular weight excluding hydrogens is 249 g/mol. The van der Waals surface area contributed by atoms with Gasteiger partial charge in [-0.25, -0.2) is 0 Å². The summed E-state index contributed by atoms with van der Waals surface area (Å²) in [6, 6.07) is 4.79. The third kappa shape index (κ3) is 2.32. The second-order valence-corrected chi connectivity index (χ2v) is 4.66. The van der Waals surface area contributed by atoms with E-state index in [1.165, 1.54) is 0 Å². The van der Waals surface area contributed by atoms with Gasteiger partial charge in [0.05, 0.1) is 16.7 Å². The van der Waals surface area contributed by atoms with Crippen LogP contribution in [0.25, 0.3) is 0 Å². The average Bonchev–Trinajstić information content (AvgIpc) is 2.64. The lowest BCUT2D eigenvalue weighted by molar-refractivity contribution is 0.0765. The van der Waals surface area contributed by atoms with Crippen LogP contribution in [0.1, 0.15) is 16.8 Å². The Labute approximate surface area is 104 Å². The zero-order chi connectivity index (χ0) is 11.7. The van der Waals surface area contributed by atoms with Gasteiger partial charge >= 0.3 is 0 Å². The number of amides is 1. The maximum atomic E-state index is 12.0. The fraction of sp³-hybridized carbons (Fsp3) is 0.364. The van der Waals surface area contributed by atoms with Gasteiger partial charge in [0.2, 0.25) is 0 Å². The van der Waals surface area contributed by atoms with Crippen molar-refractivity contribution in [3.63, 3.8) is 0 Å². The van der Waals surface area contributed by atoms with Crippen molar-refractivity contribution in [2.75, 3.05) is 13.1 Å². The lowest BCUT2D eigenvalue weighted by Gasteiger charge is -2.16. The average molecular weight is 260 g/mol. The summed E-state index contributed by atoms with van der Waals surface area (Å²) in [7, 11) is 0. The molecule has 0 bridgehead atoms. The van der Waals surface area contributed by atoms with E-state index in [0.717, 1.165) is 0 Å². The van der Waals surface area contributed by atoms with E-state index in [2.05, 4.69) is 0 Å². The van der Waals surface area contributed by atoms with E-state index in [1.807, 2.05) is 0 Å². The Morgan fingerprint density at radius 3 is 2.75 bits per heavy atom. The molecule has 1 aromatic carbocycles. The van der Waals surface area contributed by atoms with Gasteiger partial charge in [-0.2, -0.15) is 0 Å². The van der Waals surface area contributed by atoms with E-state index in [0.29, 0.717) is 35.1 Å². The lowest BCUT2D eigenvalue weighted by atomic mass is 10.2. The number of hydrogen-bond acceptors (Lipinski definition) is 2. The number of likely N-dealkylation sites (tertiary alicyclic amines) is 1. The molecule has 5 heteroatoms. The smallest absolute Gasteiger partial charge is 0.255 e. The number of rotatable bonds is 1. The molecule has 2 rings (SSSR count). The molecule has 0 aliphatic carbocycles. The number of carbonyl (C=O) groups is 1. The maximum Gasteiger partial charge on any atom is 0.255 e. The quantitative estimate of drug-likeness (QED) is 0.840. The zero-order valence-corrected chi connectivity index (χ0v) is 10.0. The summed E-state index contributed by atoms with van der Waals surface area (Å²) in [6.45, 7) is 0.941. The third-order valence-electron chi connectivity index (χ3n) is 2.61. The summed E-state index contributed by atoms with van der Waals surface area (Å²) in [6.07, 6.45) is 0.201. The van der Waals surface area contributed by atoms with Crippen molar-refractivity contribution < 1.29 is 9.90 Å².